The number of halogens is 2. The van der Waals surface area contributed by atoms with E-state index in [4.69, 9.17) is 23.2 Å². The molecule has 2 aromatic rings. The number of hydrogen-bond acceptors (Lipinski definition) is 3. The summed E-state index contributed by atoms with van der Waals surface area (Å²) in [5.74, 6) is 0.112. The second-order valence-corrected chi connectivity index (χ2v) is 6.53. The van der Waals surface area contributed by atoms with Gasteiger partial charge in [-0.3, -0.25) is 4.79 Å². The highest BCUT2D eigenvalue weighted by atomic mass is 35.5. The third kappa shape index (κ3) is 4.13. The highest BCUT2D eigenvalue weighted by Crippen LogP contribution is 2.29. The first-order chi connectivity index (χ1) is 11.6. The van der Waals surface area contributed by atoms with Crippen molar-refractivity contribution in [1.29, 1.82) is 0 Å². The zero-order valence-electron chi connectivity index (χ0n) is 13.2. The molecule has 0 saturated carbocycles. The van der Waals surface area contributed by atoms with Gasteiger partial charge in [-0.1, -0.05) is 41.4 Å². The summed E-state index contributed by atoms with van der Waals surface area (Å²) in [5, 5.41) is 4.43. The fourth-order valence-corrected chi connectivity index (χ4v) is 3.31. The predicted octanol–water partition coefficient (Wildman–Crippen LogP) is 3.75. The average Bonchev–Trinajstić information content (AvgIpc) is 2.61. The fourth-order valence-electron chi connectivity index (χ4n) is 2.78. The lowest BCUT2D eigenvalue weighted by Gasteiger charge is -2.36. The number of nitrogens with one attached hydrogen (secondary N) is 1. The number of nitrogens with zero attached hydrogens (tertiary/aromatic N) is 2. The van der Waals surface area contributed by atoms with Crippen molar-refractivity contribution in [1.82, 2.24) is 4.90 Å². The molecular formula is C18H19Cl2N3O. The Labute approximate surface area is 152 Å². The van der Waals surface area contributed by atoms with Crippen LogP contribution in [0, 0.1) is 0 Å². The van der Waals surface area contributed by atoms with Crippen molar-refractivity contribution >= 4 is 40.5 Å². The number of rotatable bonds is 4. The Kier molecular flexibility index (Phi) is 5.48. The predicted molar refractivity (Wildman–Crippen MR) is 100 cm³/mol. The van der Waals surface area contributed by atoms with Crippen LogP contribution in [0.4, 0.5) is 11.4 Å². The van der Waals surface area contributed by atoms with E-state index in [1.54, 1.807) is 6.07 Å². The van der Waals surface area contributed by atoms with Gasteiger partial charge in [0.15, 0.2) is 0 Å². The summed E-state index contributed by atoms with van der Waals surface area (Å²) in [6, 6.07) is 15.3. The molecule has 0 unspecified atom stereocenters. The number of para-hydroxylation sites is 1. The summed E-state index contributed by atoms with van der Waals surface area (Å²) in [4.78, 5) is 16.4. The van der Waals surface area contributed by atoms with Crippen molar-refractivity contribution < 1.29 is 4.79 Å². The molecule has 2 aromatic carbocycles. The SMILES string of the molecule is O=C(CNc1ccccc1)N1CCN(c2ccc(Cl)cc2Cl)CC1. The molecule has 1 aliphatic heterocycles. The maximum atomic E-state index is 12.3. The molecule has 1 N–H and O–H groups in total. The minimum Gasteiger partial charge on any atom is -0.376 e. The lowest BCUT2D eigenvalue weighted by Crippen LogP contribution is -2.50. The van der Waals surface area contributed by atoms with Crippen molar-refractivity contribution in [2.75, 3.05) is 42.9 Å². The van der Waals surface area contributed by atoms with Gasteiger partial charge in [0.2, 0.25) is 5.91 Å². The standard InChI is InChI=1S/C18H19Cl2N3O/c19-14-6-7-17(16(20)12-14)22-8-10-23(11-9-22)18(24)13-21-15-4-2-1-3-5-15/h1-7,12,21H,8-11,13H2. The average molecular weight is 364 g/mol. The molecule has 1 saturated heterocycles. The lowest BCUT2D eigenvalue weighted by molar-refractivity contribution is -0.129. The van der Waals surface area contributed by atoms with Gasteiger partial charge in [-0.2, -0.15) is 0 Å². The Bertz CT molecular complexity index is 701. The van der Waals surface area contributed by atoms with Gasteiger partial charge < -0.3 is 15.1 Å². The Balaban J connectivity index is 1.52. The van der Waals surface area contributed by atoms with Crippen molar-refractivity contribution in [3.05, 3.63) is 58.6 Å². The van der Waals surface area contributed by atoms with Crippen molar-refractivity contribution in [3.8, 4) is 0 Å². The highest BCUT2D eigenvalue weighted by Gasteiger charge is 2.22. The van der Waals surface area contributed by atoms with Crippen LogP contribution < -0.4 is 10.2 Å². The van der Waals surface area contributed by atoms with E-state index in [-0.39, 0.29) is 5.91 Å². The molecule has 0 atom stereocenters. The molecular weight excluding hydrogens is 345 g/mol. The van der Waals surface area contributed by atoms with Crippen LogP contribution in [0.15, 0.2) is 48.5 Å². The summed E-state index contributed by atoms with van der Waals surface area (Å²) in [6.07, 6.45) is 0. The molecule has 1 fully saturated rings. The van der Waals surface area contributed by atoms with E-state index in [1.807, 2.05) is 47.4 Å². The summed E-state index contributed by atoms with van der Waals surface area (Å²) in [5.41, 5.74) is 1.92. The molecule has 4 nitrogen and oxygen atoms in total. The summed E-state index contributed by atoms with van der Waals surface area (Å²) < 4.78 is 0. The minimum atomic E-state index is 0.112. The van der Waals surface area contributed by atoms with Gasteiger partial charge in [0.25, 0.3) is 0 Å². The monoisotopic (exact) mass is 363 g/mol. The molecule has 0 aliphatic carbocycles. The molecule has 126 valence electrons. The van der Waals surface area contributed by atoms with Crippen LogP contribution in [0.3, 0.4) is 0 Å². The van der Waals surface area contributed by atoms with Gasteiger partial charge >= 0.3 is 0 Å². The number of piperazine rings is 1. The highest BCUT2D eigenvalue weighted by molar-refractivity contribution is 6.36. The van der Waals surface area contributed by atoms with Crippen LogP contribution in [0.1, 0.15) is 0 Å². The second-order valence-electron chi connectivity index (χ2n) is 5.68. The summed E-state index contributed by atoms with van der Waals surface area (Å²) in [6.45, 7) is 3.21. The van der Waals surface area contributed by atoms with Gasteiger partial charge in [0, 0.05) is 36.9 Å². The minimum absolute atomic E-state index is 0.112. The van der Waals surface area contributed by atoms with E-state index in [0.29, 0.717) is 29.7 Å². The first-order valence-corrected chi connectivity index (χ1v) is 8.66. The van der Waals surface area contributed by atoms with E-state index in [1.165, 1.54) is 0 Å². The molecule has 1 amide bonds. The van der Waals surface area contributed by atoms with Crippen molar-refractivity contribution in [2.24, 2.45) is 0 Å². The maximum absolute atomic E-state index is 12.3. The zero-order valence-corrected chi connectivity index (χ0v) is 14.7. The van der Waals surface area contributed by atoms with Gasteiger partial charge in [-0.25, -0.2) is 0 Å². The molecule has 0 spiro atoms. The van der Waals surface area contributed by atoms with Crippen LogP contribution in [-0.2, 0) is 4.79 Å². The van der Waals surface area contributed by atoms with Crippen molar-refractivity contribution in [2.45, 2.75) is 0 Å². The van der Waals surface area contributed by atoms with Crippen LogP contribution in [-0.4, -0.2) is 43.5 Å². The van der Waals surface area contributed by atoms with Gasteiger partial charge in [0.1, 0.15) is 0 Å². The topological polar surface area (TPSA) is 35.6 Å². The summed E-state index contributed by atoms with van der Waals surface area (Å²) in [7, 11) is 0. The molecule has 24 heavy (non-hydrogen) atoms. The van der Waals surface area contributed by atoms with E-state index >= 15 is 0 Å². The largest absolute Gasteiger partial charge is 0.376 e. The lowest BCUT2D eigenvalue weighted by atomic mass is 10.2. The number of benzene rings is 2. The fraction of sp³-hybridized carbons (Fsp3) is 0.278. The van der Waals surface area contributed by atoms with E-state index in [9.17, 15) is 4.79 Å². The van der Waals surface area contributed by atoms with Gasteiger partial charge in [-0.15, -0.1) is 0 Å². The third-order valence-corrected chi connectivity index (χ3v) is 4.64. The van der Waals surface area contributed by atoms with Crippen LogP contribution >= 0.6 is 23.2 Å². The summed E-state index contributed by atoms with van der Waals surface area (Å²) >= 11 is 12.2. The normalized spacial score (nSPS) is 14.6. The van der Waals surface area contributed by atoms with Crippen LogP contribution in [0.5, 0.6) is 0 Å². The maximum Gasteiger partial charge on any atom is 0.241 e. The third-order valence-electron chi connectivity index (χ3n) is 4.10. The van der Waals surface area contributed by atoms with E-state index in [2.05, 4.69) is 10.2 Å². The molecule has 1 heterocycles. The quantitative estimate of drug-likeness (QED) is 0.898. The van der Waals surface area contributed by atoms with Crippen LogP contribution in [0.25, 0.3) is 0 Å². The van der Waals surface area contributed by atoms with Crippen LogP contribution in [0.2, 0.25) is 10.0 Å². The Morgan fingerprint density at radius 3 is 2.38 bits per heavy atom. The van der Waals surface area contributed by atoms with Gasteiger partial charge in [0.05, 0.1) is 17.3 Å². The van der Waals surface area contributed by atoms with E-state index < -0.39 is 0 Å². The number of hydrogen-bond donors (Lipinski definition) is 1. The molecule has 0 bridgehead atoms. The molecule has 6 heteroatoms. The smallest absolute Gasteiger partial charge is 0.241 e. The molecule has 0 radical (unpaired) electrons. The first kappa shape index (κ1) is 16.9. The van der Waals surface area contributed by atoms with E-state index in [0.717, 1.165) is 24.5 Å². The number of amides is 1. The Morgan fingerprint density at radius 2 is 1.71 bits per heavy atom. The van der Waals surface area contributed by atoms with Crippen molar-refractivity contribution in [3.63, 3.8) is 0 Å². The Hall–Kier alpha value is -1.91. The second kappa shape index (κ2) is 7.77. The number of carbonyl (C=O) groups is 1. The zero-order chi connectivity index (χ0) is 16.9. The molecule has 0 aromatic heterocycles. The molecule has 3 rings (SSSR count). The van der Waals surface area contributed by atoms with Gasteiger partial charge in [-0.05, 0) is 30.3 Å². The molecule has 1 aliphatic rings. The number of carbonyl (C=O) groups excluding carboxylic acids is 1. The number of anilines is 2. The Morgan fingerprint density at radius 1 is 1.00 bits per heavy atom. The first-order valence-electron chi connectivity index (χ1n) is 7.90.